The first-order valence-corrected chi connectivity index (χ1v) is 10.5. The first kappa shape index (κ1) is 17.8. The Hall–Kier alpha value is -1.04. The van der Waals surface area contributed by atoms with Crippen molar-refractivity contribution in [3.63, 3.8) is 0 Å². The summed E-state index contributed by atoms with van der Waals surface area (Å²) in [6, 6.07) is 9.49. The summed E-state index contributed by atoms with van der Waals surface area (Å²) in [5.74, 6) is 3.97. The summed E-state index contributed by atoms with van der Waals surface area (Å²) in [4.78, 5) is 0. The molecule has 2 aliphatic rings. The van der Waals surface area contributed by atoms with Gasteiger partial charge in [0.05, 0.1) is 0 Å². The average Bonchev–Trinajstić information content (AvgIpc) is 3.10. The number of hydrogen-bond acceptors (Lipinski definition) is 0. The molecule has 2 atom stereocenters. The van der Waals surface area contributed by atoms with Crippen molar-refractivity contribution in [1.82, 2.24) is 0 Å². The van der Waals surface area contributed by atoms with E-state index in [1.54, 1.807) is 12.0 Å². The first-order valence-electron chi connectivity index (χ1n) is 10.5. The molecule has 3 rings (SSSR count). The summed E-state index contributed by atoms with van der Waals surface area (Å²) in [5.41, 5.74) is 3.05. The Balaban J connectivity index is 1.47. The maximum atomic E-state index is 3.82. The van der Waals surface area contributed by atoms with Crippen LogP contribution in [-0.2, 0) is 6.42 Å². The van der Waals surface area contributed by atoms with Crippen LogP contribution in [0.1, 0.15) is 88.2 Å². The lowest BCUT2D eigenvalue weighted by Crippen LogP contribution is -2.19. The Morgan fingerprint density at radius 2 is 1.67 bits per heavy atom. The maximum Gasteiger partial charge on any atom is -0.0162 e. The number of rotatable bonds is 7. The van der Waals surface area contributed by atoms with Gasteiger partial charge in [-0.2, -0.15) is 0 Å². The summed E-state index contributed by atoms with van der Waals surface area (Å²) in [5, 5.41) is 0. The average molecular weight is 325 g/mol. The second kappa shape index (κ2) is 8.88. The molecule has 2 aliphatic carbocycles. The zero-order valence-corrected chi connectivity index (χ0v) is 15.7. The minimum atomic E-state index is 0.822. The summed E-state index contributed by atoms with van der Waals surface area (Å²) in [6.07, 6.45) is 17.5. The lowest BCUT2D eigenvalue weighted by Gasteiger charge is -2.32. The van der Waals surface area contributed by atoms with E-state index in [-0.39, 0.29) is 0 Å². The van der Waals surface area contributed by atoms with Crippen LogP contribution in [0.5, 0.6) is 0 Å². The van der Waals surface area contributed by atoms with E-state index in [9.17, 15) is 0 Å². The van der Waals surface area contributed by atoms with Gasteiger partial charge in [0.25, 0.3) is 0 Å². The van der Waals surface area contributed by atoms with Crippen LogP contribution < -0.4 is 0 Å². The molecular weight excluding hydrogens is 288 g/mol. The van der Waals surface area contributed by atoms with Crippen molar-refractivity contribution in [1.29, 1.82) is 0 Å². The molecular formula is C24H36. The Morgan fingerprint density at radius 3 is 2.33 bits per heavy atom. The van der Waals surface area contributed by atoms with Crippen molar-refractivity contribution >= 4 is 0 Å². The van der Waals surface area contributed by atoms with E-state index < -0.39 is 0 Å². The molecule has 0 aromatic heterocycles. The predicted octanol–water partition coefficient (Wildman–Crippen LogP) is 7.30. The minimum absolute atomic E-state index is 0.822. The lowest BCUT2D eigenvalue weighted by molar-refractivity contribution is 0.229. The normalized spacial score (nSPS) is 30.4. The van der Waals surface area contributed by atoms with Crippen molar-refractivity contribution in [2.24, 2.45) is 17.8 Å². The van der Waals surface area contributed by atoms with Crippen molar-refractivity contribution in [3.05, 3.63) is 48.0 Å². The van der Waals surface area contributed by atoms with Gasteiger partial charge in [-0.25, -0.2) is 0 Å². The molecule has 0 N–H and O–H groups in total. The molecule has 1 aromatic rings. The zero-order chi connectivity index (χ0) is 16.8. The number of hydrogen-bond donors (Lipinski definition) is 0. The largest absolute Gasteiger partial charge is 0.103 e. The smallest absolute Gasteiger partial charge is 0.0162 e. The summed E-state index contributed by atoms with van der Waals surface area (Å²) in [7, 11) is 0. The number of allylic oxidation sites excluding steroid dienone is 1. The Labute approximate surface area is 149 Å². The third kappa shape index (κ3) is 4.52. The summed E-state index contributed by atoms with van der Waals surface area (Å²) >= 11 is 0. The van der Waals surface area contributed by atoms with E-state index in [1.807, 2.05) is 6.08 Å². The molecule has 132 valence electrons. The van der Waals surface area contributed by atoms with Crippen molar-refractivity contribution < 1.29 is 0 Å². The Morgan fingerprint density at radius 1 is 0.958 bits per heavy atom. The standard InChI is InChI=1S/C24H36/c1-3-5-7-19-8-11-21(12-9-19)22-14-16-23(17-15-22)24-13-10-20(18-24)6-4-2/h3,8-9,11-12,20,22-24H,1,4-7,10,13-18H2,2H3. The van der Waals surface area contributed by atoms with Crippen LogP contribution in [-0.4, -0.2) is 0 Å². The van der Waals surface area contributed by atoms with Gasteiger partial charge in [-0.15, -0.1) is 6.58 Å². The van der Waals surface area contributed by atoms with E-state index in [2.05, 4.69) is 37.8 Å². The third-order valence-corrected chi connectivity index (χ3v) is 6.81. The molecule has 0 heteroatoms. The van der Waals surface area contributed by atoms with Crippen LogP contribution in [0, 0.1) is 17.8 Å². The second-order valence-electron chi connectivity index (χ2n) is 8.41. The molecule has 1 aromatic carbocycles. The highest BCUT2D eigenvalue weighted by Crippen LogP contribution is 2.46. The molecule has 2 saturated carbocycles. The van der Waals surface area contributed by atoms with Gasteiger partial charge < -0.3 is 0 Å². The molecule has 0 bridgehead atoms. The second-order valence-corrected chi connectivity index (χ2v) is 8.41. The van der Waals surface area contributed by atoms with Gasteiger partial charge in [0.1, 0.15) is 0 Å². The fraction of sp³-hybridized carbons (Fsp3) is 0.667. The number of aryl methyl sites for hydroxylation is 1. The summed E-state index contributed by atoms with van der Waals surface area (Å²) < 4.78 is 0. The van der Waals surface area contributed by atoms with Gasteiger partial charge in [-0.3, -0.25) is 0 Å². The highest BCUT2D eigenvalue weighted by atomic mass is 14.4. The van der Waals surface area contributed by atoms with Crippen molar-refractivity contribution in [2.75, 3.05) is 0 Å². The molecule has 0 radical (unpaired) electrons. The topological polar surface area (TPSA) is 0 Å². The van der Waals surface area contributed by atoms with Gasteiger partial charge >= 0.3 is 0 Å². The fourth-order valence-electron chi connectivity index (χ4n) is 5.36. The molecule has 24 heavy (non-hydrogen) atoms. The van der Waals surface area contributed by atoms with Gasteiger partial charge in [-0.05, 0) is 86.2 Å². The Bertz CT molecular complexity index is 489. The molecule has 0 amide bonds. The first-order chi connectivity index (χ1) is 11.8. The van der Waals surface area contributed by atoms with Crippen LogP contribution in [0.25, 0.3) is 0 Å². The van der Waals surface area contributed by atoms with Crippen LogP contribution in [0.4, 0.5) is 0 Å². The summed E-state index contributed by atoms with van der Waals surface area (Å²) in [6.45, 7) is 6.17. The zero-order valence-electron chi connectivity index (χ0n) is 15.7. The third-order valence-electron chi connectivity index (χ3n) is 6.81. The maximum absolute atomic E-state index is 3.82. The lowest BCUT2D eigenvalue weighted by atomic mass is 9.73. The molecule has 0 aliphatic heterocycles. The van der Waals surface area contributed by atoms with Crippen LogP contribution in [0.3, 0.4) is 0 Å². The highest BCUT2D eigenvalue weighted by Gasteiger charge is 2.33. The van der Waals surface area contributed by atoms with Crippen LogP contribution in [0.15, 0.2) is 36.9 Å². The fourth-order valence-corrected chi connectivity index (χ4v) is 5.36. The minimum Gasteiger partial charge on any atom is -0.103 e. The quantitative estimate of drug-likeness (QED) is 0.462. The van der Waals surface area contributed by atoms with E-state index in [0.29, 0.717) is 0 Å². The van der Waals surface area contributed by atoms with Gasteiger partial charge in [0.15, 0.2) is 0 Å². The van der Waals surface area contributed by atoms with Gasteiger partial charge in [-0.1, -0.05) is 56.5 Å². The van der Waals surface area contributed by atoms with E-state index in [0.717, 1.165) is 36.5 Å². The molecule has 0 heterocycles. The van der Waals surface area contributed by atoms with Crippen LogP contribution in [0.2, 0.25) is 0 Å². The van der Waals surface area contributed by atoms with E-state index in [1.165, 1.54) is 56.9 Å². The van der Waals surface area contributed by atoms with E-state index in [4.69, 9.17) is 0 Å². The predicted molar refractivity (Wildman–Crippen MR) is 105 cm³/mol. The van der Waals surface area contributed by atoms with Gasteiger partial charge in [0, 0.05) is 0 Å². The monoisotopic (exact) mass is 324 g/mol. The molecule has 2 fully saturated rings. The Kier molecular flexibility index (Phi) is 6.58. The highest BCUT2D eigenvalue weighted by molar-refractivity contribution is 5.26. The molecule has 0 saturated heterocycles. The van der Waals surface area contributed by atoms with Crippen LogP contribution >= 0.6 is 0 Å². The molecule has 2 unspecified atom stereocenters. The van der Waals surface area contributed by atoms with E-state index >= 15 is 0 Å². The number of benzene rings is 1. The SMILES string of the molecule is C=CCCc1ccc(C2CCC(C3CCC(CCC)C3)CC2)cc1. The molecule has 0 spiro atoms. The van der Waals surface area contributed by atoms with Crippen molar-refractivity contribution in [2.45, 2.75) is 83.5 Å². The molecule has 0 nitrogen and oxygen atoms in total. The van der Waals surface area contributed by atoms with Crippen molar-refractivity contribution in [3.8, 4) is 0 Å². The van der Waals surface area contributed by atoms with Gasteiger partial charge in [0.2, 0.25) is 0 Å².